The lowest BCUT2D eigenvalue weighted by molar-refractivity contribution is 0.0953. The molecule has 8 heteroatoms. The van der Waals surface area contributed by atoms with Crippen LogP contribution in [0.25, 0.3) is 0 Å². The minimum Gasteiger partial charge on any atom is -0.492 e. The number of aryl methyl sites for hydroxylation is 1. The van der Waals surface area contributed by atoms with Gasteiger partial charge in [-0.1, -0.05) is 23.7 Å². The Morgan fingerprint density at radius 3 is 2.61 bits per heavy atom. The molecule has 0 aliphatic heterocycles. The summed E-state index contributed by atoms with van der Waals surface area (Å²) in [5, 5.41) is 7.78. The first-order valence-corrected chi connectivity index (χ1v) is 11.1. The maximum Gasteiger partial charge on any atom is 0.291 e. The monoisotopic (exact) mass is 465 g/mol. The van der Waals surface area contributed by atoms with Crippen LogP contribution in [0.15, 0.2) is 58.0 Å². The van der Waals surface area contributed by atoms with Gasteiger partial charge >= 0.3 is 0 Å². The van der Waals surface area contributed by atoms with Gasteiger partial charge in [0.25, 0.3) is 11.8 Å². The third kappa shape index (κ3) is 4.93. The number of halogens is 1. The second-order valence-corrected chi connectivity index (χ2v) is 8.03. The number of carbonyl (C=O) groups is 2. The molecule has 0 saturated carbocycles. The average Bonchev–Trinajstić information content (AvgIpc) is 3.16. The van der Waals surface area contributed by atoms with Crippen LogP contribution in [0.5, 0.6) is 5.75 Å². The van der Waals surface area contributed by atoms with Crippen molar-refractivity contribution in [2.45, 2.75) is 33.1 Å². The van der Waals surface area contributed by atoms with Gasteiger partial charge in [-0.15, -0.1) is 0 Å². The molecule has 0 radical (unpaired) electrons. The van der Waals surface area contributed by atoms with Crippen molar-refractivity contribution in [2.75, 3.05) is 11.9 Å². The summed E-state index contributed by atoms with van der Waals surface area (Å²) in [6, 6.07) is 13.8. The summed E-state index contributed by atoms with van der Waals surface area (Å²) >= 11 is 5.88. The molecule has 3 aromatic rings. The molecule has 2 aromatic carbocycles. The molecule has 0 unspecified atom stereocenters. The van der Waals surface area contributed by atoms with E-state index in [1.807, 2.05) is 26.0 Å². The van der Waals surface area contributed by atoms with Crippen LogP contribution in [-0.2, 0) is 6.42 Å². The number of benzene rings is 2. The van der Waals surface area contributed by atoms with Crippen LogP contribution >= 0.6 is 11.6 Å². The Kier molecular flexibility index (Phi) is 6.79. The van der Waals surface area contributed by atoms with E-state index >= 15 is 0 Å². The molecular formula is C25H24ClN3O4. The zero-order valence-corrected chi connectivity index (χ0v) is 19.2. The van der Waals surface area contributed by atoms with Gasteiger partial charge in [0.05, 0.1) is 18.0 Å². The molecule has 0 bridgehead atoms. The fourth-order valence-corrected chi connectivity index (χ4v) is 3.94. The normalized spacial score (nSPS) is 14.0. The van der Waals surface area contributed by atoms with Gasteiger partial charge in [0.15, 0.2) is 5.76 Å². The van der Waals surface area contributed by atoms with Crippen LogP contribution in [0.1, 0.15) is 57.6 Å². The van der Waals surface area contributed by atoms with Gasteiger partial charge in [-0.3, -0.25) is 9.59 Å². The van der Waals surface area contributed by atoms with Crippen molar-refractivity contribution in [2.24, 2.45) is 5.10 Å². The number of para-hydroxylation sites is 2. The molecule has 170 valence electrons. The molecule has 1 aliphatic carbocycles. The number of fused-ring (bicyclic) bond motifs is 1. The van der Waals surface area contributed by atoms with E-state index in [9.17, 15) is 9.59 Å². The largest absolute Gasteiger partial charge is 0.492 e. The summed E-state index contributed by atoms with van der Waals surface area (Å²) in [6.07, 6.45) is 2.18. The van der Waals surface area contributed by atoms with Gasteiger partial charge in [0, 0.05) is 28.1 Å². The Hall–Kier alpha value is -3.58. The number of nitrogens with one attached hydrogen (secondary N) is 2. The zero-order valence-electron chi connectivity index (χ0n) is 18.4. The second kappa shape index (κ2) is 9.92. The summed E-state index contributed by atoms with van der Waals surface area (Å²) in [4.78, 5) is 25.5. The number of amides is 2. The van der Waals surface area contributed by atoms with E-state index in [0.29, 0.717) is 58.5 Å². The van der Waals surface area contributed by atoms with Crippen molar-refractivity contribution in [1.82, 2.24) is 5.43 Å². The highest BCUT2D eigenvalue weighted by atomic mass is 35.5. The van der Waals surface area contributed by atoms with Gasteiger partial charge in [-0.25, -0.2) is 5.43 Å². The van der Waals surface area contributed by atoms with Crippen molar-refractivity contribution >= 4 is 34.8 Å². The lowest BCUT2D eigenvalue weighted by Gasteiger charge is -2.13. The number of furan rings is 1. The highest BCUT2D eigenvalue weighted by Crippen LogP contribution is 2.31. The topological polar surface area (TPSA) is 92.9 Å². The number of ether oxygens (including phenoxy) is 1. The van der Waals surface area contributed by atoms with Crippen molar-refractivity contribution in [3.05, 3.63) is 81.8 Å². The quantitative estimate of drug-likeness (QED) is 0.479. The van der Waals surface area contributed by atoms with Gasteiger partial charge in [0.2, 0.25) is 0 Å². The summed E-state index contributed by atoms with van der Waals surface area (Å²) in [7, 11) is 0. The maximum atomic E-state index is 13.0. The highest BCUT2D eigenvalue weighted by Gasteiger charge is 2.28. The van der Waals surface area contributed by atoms with Crippen molar-refractivity contribution in [3.63, 3.8) is 0 Å². The number of anilines is 1. The molecule has 7 nitrogen and oxygen atoms in total. The molecular weight excluding hydrogens is 442 g/mol. The van der Waals surface area contributed by atoms with E-state index in [-0.39, 0.29) is 17.6 Å². The lowest BCUT2D eigenvalue weighted by atomic mass is 9.93. The first-order chi connectivity index (χ1) is 16.0. The van der Waals surface area contributed by atoms with Gasteiger partial charge in [-0.05, 0) is 63.1 Å². The third-order valence-electron chi connectivity index (χ3n) is 5.37. The maximum absolute atomic E-state index is 13.0. The fourth-order valence-electron chi connectivity index (χ4n) is 3.81. The number of hydrogen-bond acceptors (Lipinski definition) is 5. The van der Waals surface area contributed by atoms with Crippen LogP contribution in [0.2, 0.25) is 5.02 Å². The Morgan fingerprint density at radius 2 is 1.85 bits per heavy atom. The average molecular weight is 466 g/mol. The Bertz CT molecular complexity index is 1210. The molecule has 2 amide bonds. The molecule has 33 heavy (non-hydrogen) atoms. The van der Waals surface area contributed by atoms with Crippen molar-refractivity contribution < 1.29 is 18.7 Å². The second-order valence-electron chi connectivity index (χ2n) is 7.60. The van der Waals surface area contributed by atoms with Crippen LogP contribution in [0.3, 0.4) is 0 Å². The molecule has 4 rings (SSSR count). The van der Waals surface area contributed by atoms with Crippen molar-refractivity contribution in [3.8, 4) is 5.75 Å². The van der Waals surface area contributed by atoms with Crippen LogP contribution in [0, 0.1) is 6.92 Å². The summed E-state index contributed by atoms with van der Waals surface area (Å²) < 4.78 is 11.5. The minimum atomic E-state index is -0.362. The number of hydrogen-bond donors (Lipinski definition) is 2. The molecule has 0 spiro atoms. The first-order valence-electron chi connectivity index (χ1n) is 10.8. The number of carbonyl (C=O) groups excluding carboxylic acids is 2. The van der Waals surface area contributed by atoms with Gasteiger partial charge < -0.3 is 14.5 Å². The SMILES string of the molecule is CCOc1ccccc1NC(=O)c1oc2c(c1C)/C(=N/NC(=O)c1ccc(Cl)cc1)CCC2. The van der Waals surface area contributed by atoms with E-state index in [0.717, 1.165) is 12.0 Å². The Labute approximate surface area is 196 Å². The lowest BCUT2D eigenvalue weighted by Crippen LogP contribution is -2.22. The van der Waals surface area contributed by atoms with E-state index < -0.39 is 0 Å². The third-order valence-corrected chi connectivity index (χ3v) is 5.62. The van der Waals surface area contributed by atoms with E-state index in [1.54, 1.807) is 36.4 Å². The molecule has 1 aliphatic rings. The molecule has 1 heterocycles. The fraction of sp³-hybridized carbons (Fsp3) is 0.240. The zero-order chi connectivity index (χ0) is 23.4. The first kappa shape index (κ1) is 22.6. The Morgan fingerprint density at radius 1 is 1.09 bits per heavy atom. The number of nitrogens with zero attached hydrogens (tertiary/aromatic N) is 1. The van der Waals surface area contributed by atoms with Gasteiger partial charge in [0.1, 0.15) is 11.5 Å². The van der Waals surface area contributed by atoms with Gasteiger partial charge in [-0.2, -0.15) is 5.10 Å². The number of hydrazone groups is 1. The summed E-state index contributed by atoms with van der Waals surface area (Å²) in [6.45, 7) is 4.20. The molecule has 0 saturated heterocycles. The van der Waals surface area contributed by atoms with Crippen LogP contribution in [-0.4, -0.2) is 24.1 Å². The Balaban J connectivity index is 1.56. The molecule has 1 aromatic heterocycles. The van der Waals surface area contributed by atoms with E-state index in [1.165, 1.54) is 0 Å². The van der Waals surface area contributed by atoms with E-state index in [4.69, 9.17) is 20.8 Å². The predicted octanol–water partition coefficient (Wildman–Crippen LogP) is 5.36. The van der Waals surface area contributed by atoms with Crippen molar-refractivity contribution in [1.29, 1.82) is 0 Å². The smallest absolute Gasteiger partial charge is 0.291 e. The molecule has 2 N–H and O–H groups in total. The number of rotatable bonds is 6. The van der Waals surface area contributed by atoms with Crippen LogP contribution < -0.4 is 15.5 Å². The van der Waals surface area contributed by atoms with Crippen LogP contribution in [0.4, 0.5) is 5.69 Å². The minimum absolute atomic E-state index is 0.227. The van der Waals surface area contributed by atoms with E-state index in [2.05, 4.69) is 15.8 Å². The summed E-state index contributed by atoms with van der Waals surface area (Å²) in [5.41, 5.74) is 5.79. The predicted molar refractivity (Wildman–Crippen MR) is 127 cm³/mol. The molecule has 0 fully saturated rings. The highest BCUT2D eigenvalue weighted by molar-refractivity contribution is 6.30. The summed E-state index contributed by atoms with van der Waals surface area (Å²) in [5.74, 6) is 0.817. The molecule has 0 atom stereocenters. The standard InChI is InChI=1S/C25H24ClN3O4/c1-3-32-20-9-5-4-7-18(20)27-25(31)23-15(2)22-19(8-6-10-21(22)33-23)28-29-24(30)16-11-13-17(26)14-12-16/h4-5,7,9,11-14H,3,6,8,10H2,1-2H3,(H,27,31)(H,29,30)/b28-19+.